The van der Waals surface area contributed by atoms with E-state index >= 15 is 0 Å². The number of benzene rings is 3. The fraction of sp³-hybridized carbons (Fsp3) is 0.125. The smallest absolute Gasteiger partial charge is 0.355 e. The molecule has 8 heteroatoms. The number of nitrogens with one attached hydrogen (secondary N) is 1. The lowest BCUT2D eigenvalue weighted by Gasteiger charge is -2.29. The number of aromatic carboxylic acids is 1. The van der Waals surface area contributed by atoms with Gasteiger partial charge in [0.25, 0.3) is 0 Å². The molecule has 198 valence electrons. The molecule has 40 heavy (non-hydrogen) atoms. The lowest BCUT2D eigenvalue weighted by molar-refractivity contribution is 0.0690. The molecular weight excluding hydrogens is 520 g/mol. The van der Waals surface area contributed by atoms with Crippen molar-refractivity contribution in [3.05, 3.63) is 107 Å². The Morgan fingerprint density at radius 2 is 1.80 bits per heavy atom. The van der Waals surface area contributed by atoms with Crippen LogP contribution < -0.4 is 10.2 Å². The van der Waals surface area contributed by atoms with Crippen LogP contribution in [0, 0.1) is 6.92 Å². The summed E-state index contributed by atoms with van der Waals surface area (Å²) >= 11 is 1.44. The number of thiazole rings is 1. The summed E-state index contributed by atoms with van der Waals surface area (Å²) in [5.74, 6) is -1.10. The van der Waals surface area contributed by atoms with Gasteiger partial charge in [0.05, 0.1) is 15.9 Å². The minimum absolute atomic E-state index is 0.0241. The first-order valence-electron chi connectivity index (χ1n) is 13.0. The summed E-state index contributed by atoms with van der Waals surface area (Å²) in [6.45, 7) is 2.59. The predicted molar refractivity (Wildman–Crippen MR) is 161 cm³/mol. The number of para-hydroxylation sites is 1. The van der Waals surface area contributed by atoms with Crippen LogP contribution >= 0.6 is 11.3 Å². The van der Waals surface area contributed by atoms with Gasteiger partial charge in [0, 0.05) is 23.4 Å². The SMILES string of the molecule is Cc1ccc(/C=C/c2ccc(-c3ccc4c(c3)N(C(=O)Nc3nc5ccccc5s3)CCC4)nc2C(=O)O)cc1. The Morgan fingerprint density at radius 1 is 0.975 bits per heavy atom. The van der Waals surface area contributed by atoms with Crippen LogP contribution in [0.25, 0.3) is 33.6 Å². The molecule has 0 unspecified atom stereocenters. The van der Waals surface area contributed by atoms with Gasteiger partial charge in [0.1, 0.15) is 0 Å². The molecule has 0 radical (unpaired) electrons. The van der Waals surface area contributed by atoms with Crippen molar-refractivity contribution in [2.45, 2.75) is 19.8 Å². The molecule has 0 atom stereocenters. The third kappa shape index (κ3) is 5.21. The zero-order valence-electron chi connectivity index (χ0n) is 21.8. The van der Waals surface area contributed by atoms with Crippen LogP contribution in [0.1, 0.15) is 39.2 Å². The number of carbonyl (C=O) groups is 2. The highest BCUT2D eigenvalue weighted by Gasteiger charge is 2.24. The number of rotatable bonds is 5. The van der Waals surface area contributed by atoms with Gasteiger partial charge in [0.15, 0.2) is 10.8 Å². The Hall–Kier alpha value is -4.82. The maximum absolute atomic E-state index is 13.3. The number of aryl methyl sites for hydroxylation is 2. The van der Waals surface area contributed by atoms with Crippen LogP contribution in [0.3, 0.4) is 0 Å². The lowest BCUT2D eigenvalue weighted by Crippen LogP contribution is -2.38. The highest BCUT2D eigenvalue weighted by Crippen LogP contribution is 2.33. The van der Waals surface area contributed by atoms with Crippen molar-refractivity contribution in [2.24, 2.45) is 0 Å². The number of pyridine rings is 1. The van der Waals surface area contributed by atoms with Gasteiger partial charge in [-0.05, 0) is 55.2 Å². The second-order valence-electron chi connectivity index (χ2n) is 9.70. The summed E-state index contributed by atoms with van der Waals surface area (Å²) in [5.41, 5.74) is 6.61. The molecule has 2 amide bonds. The van der Waals surface area contributed by atoms with E-state index in [0.717, 1.165) is 51.0 Å². The first-order valence-corrected chi connectivity index (χ1v) is 13.8. The summed E-state index contributed by atoms with van der Waals surface area (Å²) in [7, 11) is 0. The Bertz CT molecular complexity index is 1740. The number of amides is 2. The molecule has 3 aromatic carbocycles. The molecule has 0 saturated carbocycles. The van der Waals surface area contributed by atoms with Gasteiger partial charge in [-0.15, -0.1) is 0 Å². The first kappa shape index (κ1) is 25.5. The van der Waals surface area contributed by atoms with Gasteiger partial charge in [0.2, 0.25) is 0 Å². The van der Waals surface area contributed by atoms with E-state index in [1.54, 1.807) is 17.0 Å². The van der Waals surface area contributed by atoms with E-state index < -0.39 is 5.97 Å². The molecule has 1 aliphatic rings. The number of hydrogen-bond donors (Lipinski definition) is 2. The molecular formula is C32H26N4O3S. The fourth-order valence-corrected chi connectivity index (χ4v) is 5.69. The van der Waals surface area contributed by atoms with Crippen molar-refractivity contribution in [3.63, 3.8) is 0 Å². The molecule has 5 aromatic rings. The van der Waals surface area contributed by atoms with E-state index in [2.05, 4.69) is 15.3 Å². The van der Waals surface area contributed by atoms with Gasteiger partial charge in [-0.1, -0.05) is 83.6 Å². The predicted octanol–water partition coefficient (Wildman–Crippen LogP) is 7.52. The molecule has 7 nitrogen and oxygen atoms in total. The molecule has 6 rings (SSSR count). The molecule has 3 heterocycles. The van der Waals surface area contributed by atoms with Crippen molar-refractivity contribution < 1.29 is 14.7 Å². The lowest BCUT2D eigenvalue weighted by atomic mass is 9.98. The van der Waals surface area contributed by atoms with Crippen LogP contribution in [0.15, 0.2) is 78.9 Å². The normalized spacial score (nSPS) is 13.0. The maximum atomic E-state index is 13.3. The highest BCUT2D eigenvalue weighted by molar-refractivity contribution is 7.22. The number of carbonyl (C=O) groups excluding carboxylic acids is 1. The van der Waals surface area contributed by atoms with Crippen molar-refractivity contribution in [3.8, 4) is 11.3 Å². The number of fused-ring (bicyclic) bond motifs is 2. The van der Waals surface area contributed by atoms with Crippen molar-refractivity contribution in [1.29, 1.82) is 0 Å². The molecule has 0 aliphatic carbocycles. The largest absolute Gasteiger partial charge is 0.476 e. The van der Waals surface area contributed by atoms with Crippen molar-refractivity contribution in [2.75, 3.05) is 16.8 Å². The van der Waals surface area contributed by atoms with E-state index in [1.807, 2.05) is 85.8 Å². The summed E-state index contributed by atoms with van der Waals surface area (Å²) in [4.78, 5) is 36.2. The second kappa shape index (κ2) is 10.7. The molecule has 2 N–H and O–H groups in total. The van der Waals surface area contributed by atoms with Crippen molar-refractivity contribution in [1.82, 2.24) is 9.97 Å². The van der Waals surface area contributed by atoms with Crippen LogP contribution in [-0.2, 0) is 6.42 Å². The molecule has 0 bridgehead atoms. The van der Waals surface area contributed by atoms with E-state index in [0.29, 0.717) is 22.9 Å². The number of hydrogen-bond acceptors (Lipinski definition) is 5. The van der Waals surface area contributed by atoms with Crippen molar-refractivity contribution >= 4 is 56.5 Å². The number of nitrogens with zero attached hydrogens (tertiary/aromatic N) is 3. The van der Waals surface area contributed by atoms with Crippen LogP contribution in [-0.4, -0.2) is 33.6 Å². The number of carboxylic acids is 1. The third-order valence-corrected chi connectivity index (χ3v) is 7.87. The monoisotopic (exact) mass is 546 g/mol. The molecule has 2 aromatic heterocycles. The molecule has 0 fully saturated rings. The Kier molecular flexibility index (Phi) is 6.84. The van der Waals surface area contributed by atoms with Crippen LogP contribution in [0.5, 0.6) is 0 Å². The van der Waals surface area contributed by atoms with Crippen LogP contribution in [0.4, 0.5) is 15.6 Å². The Labute approximate surface area is 235 Å². The van der Waals surface area contributed by atoms with E-state index in [4.69, 9.17) is 0 Å². The molecule has 1 aliphatic heterocycles. The van der Waals surface area contributed by atoms with Gasteiger partial charge in [-0.2, -0.15) is 0 Å². The quantitative estimate of drug-likeness (QED) is 0.238. The average Bonchev–Trinajstić information content (AvgIpc) is 3.38. The molecule has 0 spiro atoms. The summed E-state index contributed by atoms with van der Waals surface area (Å²) in [5, 5.41) is 13.4. The minimum Gasteiger partial charge on any atom is -0.476 e. The number of urea groups is 1. The number of anilines is 2. The summed E-state index contributed by atoms with van der Waals surface area (Å²) in [6.07, 6.45) is 5.36. The zero-order valence-corrected chi connectivity index (χ0v) is 22.6. The van der Waals surface area contributed by atoms with Gasteiger partial charge >= 0.3 is 12.0 Å². The third-order valence-electron chi connectivity index (χ3n) is 6.91. The maximum Gasteiger partial charge on any atom is 0.355 e. The van der Waals surface area contributed by atoms with E-state index in [1.165, 1.54) is 11.3 Å². The summed E-state index contributed by atoms with van der Waals surface area (Å²) in [6, 6.07) is 25.0. The highest BCUT2D eigenvalue weighted by atomic mass is 32.1. The number of carboxylic acid groups (broad SMARTS) is 1. The number of aromatic nitrogens is 2. The second-order valence-corrected chi connectivity index (χ2v) is 10.7. The van der Waals surface area contributed by atoms with Crippen LogP contribution in [0.2, 0.25) is 0 Å². The van der Waals surface area contributed by atoms with Gasteiger partial charge in [-0.3, -0.25) is 10.2 Å². The first-order chi connectivity index (χ1) is 19.4. The van der Waals surface area contributed by atoms with Gasteiger partial charge in [-0.25, -0.2) is 19.6 Å². The standard InChI is InChI=1S/C32H26N4O3S/c1-20-8-10-21(11-9-20)12-13-23-16-17-25(33-29(23)30(37)38)24-15-14-22-5-4-18-36(27(22)19-24)32(39)35-31-34-26-6-2-3-7-28(26)40-31/h2-3,6-17,19H,4-5,18H2,1H3,(H,37,38)(H,34,35,39)/b13-12+. The average molecular weight is 547 g/mol. The van der Waals surface area contributed by atoms with Gasteiger partial charge < -0.3 is 5.11 Å². The zero-order chi connectivity index (χ0) is 27.6. The minimum atomic E-state index is -1.10. The fourth-order valence-electron chi connectivity index (χ4n) is 4.83. The topological polar surface area (TPSA) is 95.4 Å². The summed E-state index contributed by atoms with van der Waals surface area (Å²) < 4.78 is 1.01. The Morgan fingerprint density at radius 3 is 2.60 bits per heavy atom. The molecule has 0 saturated heterocycles. The van der Waals surface area contributed by atoms with E-state index in [9.17, 15) is 14.7 Å². The van der Waals surface area contributed by atoms with E-state index in [-0.39, 0.29) is 11.7 Å². The Balaban J connectivity index is 1.28.